The highest BCUT2D eigenvalue weighted by atomic mass is 19.2. The van der Waals surface area contributed by atoms with E-state index in [1.54, 1.807) is 12.1 Å². The van der Waals surface area contributed by atoms with E-state index in [1.807, 2.05) is 4.90 Å². The maximum atomic E-state index is 15.0. The molecular formula is C25H25F3N4O3. The van der Waals surface area contributed by atoms with Crippen molar-refractivity contribution in [3.8, 4) is 0 Å². The van der Waals surface area contributed by atoms with E-state index in [0.717, 1.165) is 12.1 Å². The number of nitrogens with zero attached hydrogens (tertiary/aromatic N) is 3. The zero-order valence-electron chi connectivity index (χ0n) is 19.1. The van der Waals surface area contributed by atoms with Gasteiger partial charge in [0.15, 0.2) is 11.6 Å². The number of anilines is 2. The van der Waals surface area contributed by atoms with E-state index in [1.165, 1.54) is 24.0 Å². The third-order valence-electron chi connectivity index (χ3n) is 6.45. The molecule has 184 valence electrons. The summed E-state index contributed by atoms with van der Waals surface area (Å²) in [5.41, 5.74) is 1.20. The van der Waals surface area contributed by atoms with Crippen molar-refractivity contribution in [2.75, 3.05) is 36.0 Å². The normalized spacial score (nSPS) is 19.3. The fraction of sp³-hybridized carbons (Fsp3) is 0.400. The fourth-order valence-corrected chi connectivity index (χ4v) is 4.62. The third kappa shape index (κ3) is 5.34. The Morgan fingerprint density at radius 3 is 2.51 bits per heavy atom. The minimum absolute atomic E-state index is 0.0594. The molecule has 0 saturated carbocycles. The molecule has 0 radical (unpaired) electrons. The summed E-state index contributed by atoms with van der Waals surface area (Å²) in [4.78, 5) is 30.1. The molecule has 2 aliphatic rings. The van der Waals surface area contributed by atoms with Gasteiger partial charge in [0.1, 0.15) is 11.9 Å². The first-order valence-electron chi connectivity index (χ1n) is 11.4. The minimum Gasteiger partial charge on any atom is -0.442 e. The van der Waals surface area contributed by atoms with Crippen LogP contribution in [0.25, 0.3) is 4.85 Å². The number of piperidine rings is 1. The first-order valence-corrected chi connectivity index (χ1v) is 11.4. The number of ether oxygens (including phenoxy) is 1. The van der Waals surface area contributed by atoms with Gasteiger partial charge >= 0.3 is 6.09 Å². The van der Waals surface area contributed by atoms with Crippen molar-refractivity contribution < 1.29 is 27.5 Å². The Kier molecular flexibility index (Phi) is 7.15. The molecular weight excluding hydrogens is 461 g/mol. The highest BCUT2D eigenvalue weighted by Gasteiger charge is 2.35. The molecule has 10 heteroatoms. The van der Waals surface area contributed by atoms with Gasteiger partial charge in [-0.1, -0.05) is 0 Å². The minimum atomic E-state index is -0.973. The van der Waals surface area contributed by atoms with Crippen LogP contribution in [0.3, 0.4) is 0 Å². The van der Waals surface area contributed by atoms with Crippen LogP contribution in [0.1, 0.15) is 31.4 Å². The van der Waals surface area contributed by atoms with Crippen molar-refractivity contribution in [1.82, 2.24) is 5.32 Å². The lowest BCUT2D eigenvalue weighted by Gasteiger charge is -2.34. The van der Waals surface area contributed by atoms with Crippen molar-refractivity contribution >= 4 is 23.4 Å². The van der Waals surface area contributed by atoms with Crippen LogP contribution >= 0.6 is 0 Å². The predicted octanol–water partition coefficient (Wildman–Crippen LogP) is 4.44. The summed E-state index contributed by atoms with van der Waals surface area (Å²) in [6, 6.07) is 7.51. The molecule has 0 bridgehead atoms. The molecule has 2 aromatic rings. The number of nitrogens with one attached hydrogen (secondary N) is 1. The Morgan fingerprint density at radius 1 is 1.14 bits per heavy atom. The van der Waals surface area contributed by atoms with E-state index in [0.29, 0.717) is 42.9 Å². The Hall–Kier alpha value is -3.74. The van der Waals surface area contributed by atoms with Gasteiger partial charge in [-0.05, 0) is 49.2 Å². The van der Waals surface area contributed by atoms with Gasteiger partial charge in [0, 0.05) is 31.5 Å². The first kappa shape index (κ1) is 24.4. The monoisotopic (exact) mass is 486 g/mol. The van der Waals surface area contributed by atoms with Gasteiger partial charge in [0.05, 0.1) is 24.5 Å². The average Bonchev–Trinajstić information content (AvgIpc) is 3.21. The van der Waals surface area contributed by atoms with Gasteiger partial charge in [-0.15, -0.1) is 0 Å². The molecule has 2 atom stereocenters. The molecule has 1 unspecified atom stereocenters. The maximum absolute atomic E-state index is 15.0. The zero-order chi connectivity index (χ0) is 25.1. The second-order valence-electron chi connectivity index (χ2n) is 8.76. The average molecular weight is 486 g/mol. The number of cyclic esters (lactones) is 1. The molecule has 0 aromatic heterocycles. The van der Waals surface area contributed by atoms with E-state index in [9.17, 15) is 18.4 Å². The van der Waals surface area contributed by atoms with Gasteiger partial charge < -0.3 is 19.8 Å². The van der Waals surface area contributed by atoms with Crippen LogP contribution in [0.2, 0.25) is 0 Å². The molecule has 2 saturated heterocycles. The highest BCUT2D eigenvalue weighted by Crippen LogP contribution is 2.37. The molecule has 7 nitrogen and oxygen atoms in total. The largest absolute Gasteiger partial charge is 0.442 e. The SMILES string of the molecule is [C-]#[N+]C(c1ccc(F)c(F)c1)C1CCN(c2ccc(N3C[C@H](CNC(C)=O)OC3=O)cc2F)CC1. The molecule has 2 aliphatic heterocycles. The van der Waals surface area contributed by atoms with Crippen LogP contribution in [-0.4, -0.2) is 44.3 Å². The van der Waals surface area contributed by atoms with Gasteiger partial charge in [-0.3, -0.25) is 9.69 Å². The van der Waals surface area contributed by atoms with E-state index in [4.69, 9.17) is 11.3 Å². The van der Waals surface area contributed by atoms with E-state index in [2.05, 4.69) is 10.2 Å². The van der Waals surface area contributed by atoms with Gasteiger partial charge in [0.25, 0.3) is 6.04 Å². The second-order valence-corrected chi connectivity index (χ2v) is 8.76. The molecule has 2 aromatic carbocycles. The van der Waals surface area contributed by atoms with Crippen LogP contribution in [0.5, 0.6) is 0 Å². The Labute approximate surface area is 201 Å². The Morgan fingerprint density at radius 2 is 1.89 bits per heavy atom. The number of carbonyl (C=O) groups is 2. The second kappa shape index (κ2) is 10.3. The van der Waals surface area contributed by atoms with Crippen LogP contribution in [0.4, 0.5) is 29.3 Å². The molecule has 4 rings (SSSR count). The quantitative estimate of drug-likeness (QED) is 0.613. The number of benzene rings is 2. The third-order valence-corrected chi connectivity index (χ3v) is 6.45. The van der Waals surface area contributed by atoms with Gasteiger partial charge in [-0.25, -0.2) is 24.5 Å². The molecule has 2 fully saturated rings. The molecule has 2 heterocycles. The number of carbonyl (C=O) groups excluding carboxylic acids is 2. The number of hydrogen-bond donors (Lipinski definition) is 1. The van der Waals surface area contributed by atoms with Crippen molar-refractivity contribution in [1.29, 1.82) is 0 Å². The number of rotatable bonds is 6. The van der Waals surface area contributed by atoms with Crippen molar-refractivity contribution in [2.24, 2.45) is 5.92 Å². The smallest absolute Gasteiger partial charge is 0.414 e. The lowest BCUT2D eigenvalue weighted by molar-refractivity contribution is -0.119. The molecule has 1 N–H and O–H groups in total. The van der Waals surface area contributed by atoms with Crippen molar-refractivity contribution in [3.63, 3.8) is 0 Å². The van der Waals surface area contributed by atoms with Crippen molar-refractivity contribution in [2.45, 2.75) is 31.9 Å². The molecule has 0 aliphatic carbocycles. The van der Waals surface area contributed by atoms with Gasteiger partial charge in [0.2, 0.25) is 5.91 Å². The fourth-order valence-electron chi connectivity index (χ4n) is 4.62. The zero-order valence-corrected chi connectivity index (χ0v) is 19.1. The molecule has 0 spiro atoms. The molecule has 35 heavy (non-hydrogen) atoms. The summed E-state index contributed by atoms with van der Waals surface area (Å²) in [5.74, 6) is -2.70. The van der Waals surface area contributed by atoms with E-state index >= 15 is 4.39 Å². The summed E-state index contributed by atoms with van der Waals surface area (Å²) in [6.07, 6.45) is 0.0707. The van der Waals surface area contributed by atoms with Gasteiger partial charge in [-0.2, -0.15) is 0 Å². The number of halogens is 3. The number of hydrogen-bond acceptors (Lipinski definition) is 4. The summed E-state index contributed by atoms with van der Waals surface area (Å²) < 4.78 is 47.2. The number of amides is 2. The first-order chi connectivity index (χ1) is 16.8. The predicted molar refractivity (Wildman–Crippen MR) is 123 cm³/mol. The summed E-state index contributed by atoms with van der Waals surface area (Å²) in [7, 11) is 0. The summed E-state index contributed by atoms with van der Waals surface area (Å²) >= 11 is 0. The summed E-state index contributed by atoms with van der Waals surface area (Å²) in [6.45, 7) is 10.3. The Bertz CT molecular complexity index is 1160. The van der Waals surface area contributed by atoms with Crippen LogP contribution in [-0.2, 0) is 9.53 Å². The van der Waals surface area contributed by atoms with E-state index < -0.39 is 35.7 Å². The lowest BCUT2D eigenvalue weighted by Crippen LogP contribution is -2.36. The van der Waals surface area contributed by atoms with Crippen LogP contribution < -0.4 is 15.1 Å². The maximum Gasteiger partial charge on any atom is 0.414 e. The van der Waals surface area contributed by atoms with Crippen molar-refractivity contribution in [3.05, 3.63) is 70.8 Å². The lowest BCUT2D eigenvalue weighted by atomic mass is 9.85. The van der Waals surface area contributed by atoms with Crippen LogP contribution in [0, 0.1) is 29.9 Å². The van der Waals surface area contributed by atoms with E-state index in [-0.39, 0.29) is 24.9 Å². The molecule has 2 amide bonds. The Balaban J connectivity index is 1.39. The van der Waals surface area contributed by atoms with Crippen LogP contribution in [0.15, 0.2) is 36.4 Å². The highest BCUT2D eigenvalue weighted by molar-refractivity contribution is 5.90. The standard InChI is InChI=1S/C25H25F3N4O3/c1-15(33)30-13-19-14-32(25(34)35-19)18-4-6-23(22(28)12-18)31-9-7-16(8-10-31)24(29-2)17-3-5-20(26)21(27)11-17/h3-6,11-12,16,19,24H,7-10,13-14H2,1H3,(H,30,33)/t19-,24?/m0/s1. The topological polar surface area (TPSA) is 66.2 Å². The summed E-state index contributed by atoms with van der Waals surface area (Å²) in [5, 5.41) is 2.60.